The van der Waals surface area contributed by atoms with Crippen LogP contribution < -0.4 is 26.5 Å². The van der Waals surface area contributed by atoms with Crippen LogP contribution in [0.4, 0.5) is 0 Å². The van der Waals surface area contributed by atoms with Crippen LogP contribution in [0.15, 0.2) is 58.3 Å². The Morgan fingerprint density at radius 3 is 1.94 bits per heavy atom. The molecule has 33 heavy (non-hydrogen) atoms. The fourth-order valence-electron chi connectivity index (χ4n) is 2.25. The minimum Gasteiger partial charge on any atom is -0.593 e. The van der Waals surface area contributed by atoms with Gasteiger partial charge < -0.3 is 9.11 Å². The number of hydrogen-bond donors (Lipinski definition) is 5. The lowest BCUT2D eigenvalue weighted by Crippen LogP contribution is -2.34. The van der Waals surface area contributed by atoms with Crippen LogP contribution in [-0.2, 0) is 50.1 Å². The van der Waals surface area contributed by atoms with Crippen molar-refractivity contribution >= 4 is 94.1 Å². The van der Waals surface area contributed by atoms with Crippen molar-refractivity contribution in [2.24, 2.45) is 22.0 Å². The molecular formula is C16H25Cl3N6O2P2S4. The predicted molar refractivity (Wildman–Crippen MR) is 151 cm³/mol. The number of benzene rings is 2. The van der Waals surface area contributed by atoms with E-state index in [1.807, 2.05) is 32.0 Å². The third-order valence-electron chi connectivity index (χ3n) is 3.62. The van der Waals surface area contributed by atoms with Crippen LogP contribution in [0.5, 0.6) is 0 Å². The first-order valence-electron chi connectivity index (χ1n) is 8.93. The molecule has 9 N–H and O–H groups in total. The van der Waals surface area contributed by atoms with Crippen molar-refractivity contribution in [3.63, 3.8) is 0 Å². The van der Waals surface area contributed by atoms with E-state index in [2.05, 4.69) is 4.49 Å². The summed E-state index contributed by atoms with van der Waals surface area (Å²) in [5.41, 5.74) is 23.7. The molecule has 0 aliphatic carbocycles. The summed E-state index contributed by atoms with van der Waals surface area (Å²) in [5, 5.41) is 0. The van der Waals surface area contributed by atoms with E-state index in [-0.39, 0.29) is 0 Å². The smallest absolute Gasteiger partial charge is 0.216 e. The number of hydrogen-bond acceptors (Lipinski definition) is 4. The third-order valence-corrected chi connectivity index (χ3v) is 11.9. The van der Waals surface area contributed by atoms with Crippen LogP contribution in [0.1, 0.15) is 18.1 Å². The molecule has 2 rings (SSSR count). The molecule has 0 aliphatic rings. The summed E-state index contributed by atoms with van der Waals surface area (Å²) in [6, 6.07) is 13.6. The molecule has 2 aromatic carbocycles. The van der Waals surface area contributed by atoms with Crippen LogP contribution in [0, 0.1) is 6.92 Å². The van der Waals surface area contributed by atoms with Gasteiger partial charge >= 0.3 is 0 Å². The Morgan fingerprint density at radius 1 is 1.00 bits per heavy atom. The van der Waals surface area contributed by atoms with Crippen molar-refractivity contribution in [1.29, 1.82) is 0 Å². The van der Waals surface area contributed by atoms with Crippen molar-refractivity contribution in [2.75, 3.05) is 6.54 Å². The maximum atomic E-state index is 12.2. The molecule has 0 heterocycles. The average Bonchev–Trinajstić information content (AvgIpc) is 2.66. The molecule has 0 radical (unpaired) electrons. The van der Waals surface area contributed by atoms with Gasteiger partial charge in [-0.25, -0.2) is 0 Å². The minimum absolute atomic E-state index is 0.452. The van der Waals surface area contributed by atoms with Crippen molar-refractivity contribution < 1.29 is 9.11 Å². The van der Waals surface area contributed by atoms with Crippen LogP contribution in [0.2, 0.25) is 0 Å². The van der Waals surface area contributed by atoms with E-state index < -0.39 is 39.5 Å². The SMILES string of the molecule is CCN([S+]([O-])c1cccc(C)c1)P(N)(N)=S.NP(N)(=S)N[S+]([O-])c1ccc(C(Cl)(Cl)Cl)cc1. The van der Waals surface area contributed by atoms with E-state index in [0.717, 1.165) is 5.56 Å². The Labute approximate surface area is 226 Å². The van der Waals surface area contributed by atoms with Gasteiger partial charge in [-0.05, 0) is 79.4 Å². The molecule has 0 fully saturated rings. The van der Waals surface area contributed by atoms with Crippen LogP contribution in [0.25, 0.3) is 0 Å². The van der Waals surface area contributed by atoms with Gasteiger partial charge in [0.1, 0.15) is 0 Å². The highest BCUT2D eigenvalue weighted by Crippen LogP contribution is 2.39. The van der Waals surface area contributed by atoms with Gasteiger partial charge in [0.15, 0.2) is 22.8 Å². The van der Waals surface area contributed by atoms with Gasteiger partial charge in [0.2, 0.25) is 3.79 Å². The molecule has 2 atom stereocenters. The van der Waals surface area contributed by atoms with Gasteiger partial charge in [0.05, 0.1) is 22.7 Å². The van der Waals surface area contributed by atoms with Gasteiger partial charge in [-0.2, -0.15) is 0 Å². The van der Waals surface area contributed by atoms with Crippen molar-refractivity contribution in [3.05, 3.63) is 59.7 Å². The highest BCUT2D eigenvalue weighted by Gasteiger charge is 2.29. The quantitative estimate of drug-likeness (QED) is 0.173. The molecule has 2 unspecified atom stereocenters. The predicted octanol–water partition coefficient (Wildman–Crippen LogP) is 3.75. The summed E-state index contributed by atoms with van der Waals surface area (Å²) in [5.74, 6) is 0. The second-order valence-electron chi connectivity index (χ2n) is 6.50. The third kappa shape index (κ3) is 11.7. The fourth-order valence-corrected chi connectivity index (χ4v) is 8.58. The number of nitrogens with zero attached hydrogens (tertiary/aromatic N) is 1. The number of rotatable bonds is 7. The van der Waals surface area contributed by atoms with Gasteiger partial charge in [-0.15, -0.1) is 0 Å². The molecule has 186 valence electrons. The molecule has 0 saturated carbocycles. The highest BCUT2D eigenvalue weighted by molar-refractivity contribution is 8.16. The molecule has 17 heteroatoms. The van der Waals surface area contributed by atoms with E-state index in [0.29, 0.717) is 21.9 Å². The number of nitrogens with two attached hydrogens (primary N) is 4. The summed E-state index contributed by atoms with van der Waals surface area (Å²) in [6.07, 6.45) is 0. The van der Waals surface area contributed by atoms with Gasteiger partial charge in [0.25, 0.3) is 0 Å². The Bertz CT molecular complexity index is 1010. The lowest BCUT2D eigenvalue weighted by atomic mass is 10.2. The number of halogens is 3. The molecule has 0 aliphatic heterocycles. The van der Waals surface area contributed by atoms with E-state index in [9.17, 15) is 9.11 Å². The number of alkyl halides is 3. The van der Waals surface area contributed by atoms with Crippen LogP contribution >= 0.6 is 47.8 Å². The topological polar surface area (TPSA) is 165 Å². The summed E-state index contributed by atoms with van der Waals surface area (Å²) >= 11 is 23.9. The maximum Gasteiger partial charge on any atom is 0.216 e. The molecule has 0 saturated heterocycles. The molecule has 2 aromatic rings. The minimum atomic E-state index is -2.73. The first kappa shape index (κ1) is 32.0. The fraction of sp³-hybridized carbons (Fsp3) is 0.250. The van der Waals surface area contributed by atoms with Gasteiger partial charge in [0, 0.05) is 12.1 Å². The Balaban J connectivity index is 0.000000331. The summed E-state index contributed by atoms with van der Waals surface area (Å²) in [4.78, 5) is 1.14. The normalized spacial score (nSPS) is 14.4. The lowest BCUT2D eigenvalue weighted by molar-refractivity contribution is 0.543. The molecule has 0 aromatic heterocycles. The average molecular weight is 630 g/mol. The molecule has 8 nitrogen and oxygen atoms in total. The van der Waals surface area contributed by atoms with E-state index >= 15 is 0 Å². The monoisotopic (exact) mass is 628 g/mol. The zero-order valence-electron chi connectivity index (χ0n) is 17.6. The molecule has 0 amide bonds. The summed E-state index contributed by atoms with van der Waals surface area (Å²) < 4.78 is 26.4. The lowest BCUT2D eigenvalue weighted by Gasteiger charge is -2.27. The second kappa shape index (κ2) is 13.5. The van der Waals surface area contributed by atoms with Gasteiger partial charge in [-0.1, -0.05) is 55.5 Å². The summed E-state index contributed by atoms with van der Waals surface area (Å²) in [6.45, 7) is -1.11. The zero-order valence-corrected chi connectivity index (χ0v) is 24.9. The van der Waals surface area contributed by atoms with E-state index in [4.69, 9.17) is 80.4 Å². The van der Waals surface area contributed by atoms with Gasteiger partial charge in [-0.3, -0.25) is 22.0 Å². The molecule has 0 bridgehead atoms. The van der Waals surface area contributed by atoms with Crippen LogP contribution in [-0.4, -0.2) is 19.7 Å². The van der Waals surface area contributed by atoms with E-state index in [1.54, 1.807) is 30.3 Å². The van der Waals surface area contributed by atoms with Crippen molar-refractivity contribution in [3.8, 4) is 0 Å². The maximum absolute atomic E-state index is 12.2. The first-order valence-corrected chi connectivity index (χ1v) is 18.2. The Hall–Kier alpha value is 0.990. The summed E-state index contributed by atoms with van der Waals surface area (Å²) in [7, 11) is 0. The Kier molecular flexibility index (Phi) is 13.1. The van der Waals surface area contributed by atoms with Crippen molar-refractivity contribution in [1.82, 2.24) is 8.57 Å². The first-order chi connectivity index (χ1) is 15.0. The number of nitrogens with one attached hydrogen (secondary N) is 1. The second-order valence-corrected chi connectivity index (χ2v) is 19.0. The highest BCUT2D eigenvalue weighted by atomic mass is 35.6. The zero-order chi connectivity index (χ0) is 25.6. The van der Waals surface area contributed by atoms with E-state index in [1.165, 1.54) is 4.08 Å². The van der Waals surface area contributed by atoms with Crippen LogP contribution in [0.3, 0.4) is 0 Å². The van der Waals surface area contributed by atoms with Crippen molar-refractivity contribution in [2.45, 2.75) is 27.4 Å². The number of aryl methyl sites for hydroxylation is 1. The largest absolute Gasteiger partial charge is 0.593 e. The molecular weight excluding hydrogens is 605 g/mol. The standard InChI is InChI=1S/C9H16N3OPS2.C7H9Cl3N3OPS2/c1-3-12(14(10,11)15)16(13)9-6-4-5-8(2)7-9;8-7(9,10)5-1-3-6(4-2-5)17(14)13-15(11,12)16/h4-7H,3H2,1-2H3,(H4,10,11,15);1-4H,(H5,11,12,13,16). The molecule has 0 spiro atoms. The Morgan fingerprint density at radius 2 is 1.55 bits per heavy atom.